The molecule has 0 amide bonds. The quantitative estimate of drug-likeness (QED) is 0.825. The first-order chi connectivity index (χ1) is 11.2. The molecule has 0 radical (unpaired) electrons. The summed E-state index contributed by atoms with van der Waals surface area (Å²) in [4.78, 5) is 14.6. The largest absolute Gasteiger partial charge is 0.345 e. The van der Waals surface area contributed by atoms with Gasteiger partial charge in [0.15, 0.2) is 12.1 Å². The van der Waals surface area contributed by atoms with Gasteiger partial charge in [0.05, 0.1) is 18.1 Å². The molecule has 3 nitrogen and oxygen atoms in total. The van der Waals surface area contributed by atoms with Crippen molar-refractivity contribution in [2.75, 3.05) is 13.2 Å². The van der Waals surface area contributed by atoms with Gasteiger partial charge in [0.1, 0.15) is 0 Å². The molecule has 2 heterocycles. The number of carbonyl (C=O) groups is 1. The van der Waals surface area contributed by atoms with Gasteiger partial charge in [0, 0.05) is 16.9 Å². The van der Waals surface area contributed by atoms with E-state index in [9.17, 15) is 4.79 Å². The van der Waals surface area contributed by atoms with Gasteiger partial charge in [0.2, 0.25) is 0 Å². The van der Waals surface area contributed by atoms with Gasteiger partial charge in [-0.05, 0) is 41.7 Å². The average molecular weight is 328 g/mol. The van der Waals surface area contributed by atoms with Crippen molar-refractivity contribution in [1.82, 2.24) is 0 Å². The summed E-state index contributed by atoms with van der Waals surface area (Å²) < 4.78 is 11.1. The third kappa shape index (κ3) is 2.87. The lowest BCUT2D eigenvalue weighted by molar-refractivity contribution is -0.0413. The zero-order valence-corrected chi connectivity index (χ0v) is 14.0. The number of ether oxygens (including phenoxy) is 2. The van der Waals surface area contributed by atoms with E-state index >= 15 is 0 Å². The Kier molecular flexibility index (Phi) is 4.05. The van der Waals surface area contributed by atoms with Crippen LogP contribution in [-0.2, 0) is 15.9 Å². The highest BCUT2D eigenvalue weighted by Crippen LogP contribution is 2.37. The van der Waals surface area contributed by atoms with Crippen molar-refractivity contribution in [2.24, 2.45) is 5.92 Å². The molecule has 0 spiro atoms. The summed E-state index contributed by atoms with van der Waals surface area (Å²) >= 11 is 1.71. The second-order valence-electron chi connectivity index (χ2n) is 6.25. The summed E-state index contributed by atoms with van der Waals surface area (Å²) in [5, 5.41) is 0. The lowest BCUT2D eigenvalue weighted by Crippen LogP contribution is -2.19. The van der Waals surface area contributed by atoms with E-state index in [1.165, 1.54) is 16.0 Å². The molecule has 1 aromatic carbocycles. The molecule has 0 bridgehead atoms. The third-order valence-electron chi connectivity index (χ3n) is 4.73. The minimum absolute atomic E-state index is 0.211. The third-order valence-corrected chi connectivity index (χ3v) is 5.89. The molecular formula is C19H20O3S. The normalized spacial score (nSPS) is 21.6. The Morgan fingerprint density at radius 2 is 1.96 bits per heavy atom. The standard InChI is InChI=1S/C19H20O3S/c1-2-12-9-14-11-13(3-4-15(14)16(20)10-12)17-5-6-18(23-17)19-21-7-8-22-19/h3-6,11-12,19H,2,7-10H2,1H3. The van der Waals surface area contributed by atoms with Crippen molar-refractivity contribution in [3.63, 3.8) is 0 Å². The fourth-order valence-electron chi connectivity index (χ4n) is 3.39. The van der Waals surface area contributed by atoms with E-state index in [4.69, 9.17) is 9.47 Å². The first-order valence-corrected chi connectivity index (χ1v) is 9.05. The Labute approximate surface area is 140 Å². The Morgan fingerprint density at radius 3 is 2.74 bits per heavy atom. The fraction of sp³-hybridized carbons (Fsp3) is 0.421. The van der Waals surface area contributed by atoms with Crippen molar-refractivity contribution in [2.45, 2.75) is 32.5 Å². The molecule has 0 N–H and O–H groups in total. The molecule has 4 rings (SSSR count). The second-order valence-corrected chi connectivity index (χ2v) is 7.37. The van der Waals surface area contributed by atoms with Crippen LogP contribution in [0.1, 0.15) is 46.9 Å². The number of hydrogen-bond acceptors (Lipinski definition) is 4. The number of carbonyl (C=O) groups excluding carboxylic acids is 1. The van der Waals surface area contributed by atoms with Crippen LogP contribution in [0.15, 0.2) is 30.3 Å². The highest BCUT2D eigenvalue weighted by molar-refractivity contribution is 7.15. The van der Waals surface area contributed by atoms with E-state index in [2.05, 4.69) is 31.2 Å². The minimum atomic E-state index is -0.211. The molecule has 1 unspecified atom stereocenters. The SMILES string of the molecule is CCC1CC(=O)c2ccc(-c3ccc(C4OCCO4)s3)cc2C1. The number of thiophene rings is 1. The summed E-state index contributed by atoms with van der Waals surface area (Å²) in [5.41, 5.74) is 3.30. The van der Waals surface area contributed by atoms with Gasteiger partial charge >= 0.3 is 0 Å². The Hall–Kier alpha value is -1.49. The van der Waals surface area contributed by atoms with Crippen molar-refractivity contribution < 1.29 is 14.3 Å². The maximum Gasteiger partial charge on any atom is 0.193 e. The summed E-state index contributed by atoms with van der Waals surface area (Å²) in [6.07, 6.45) is 2.56. The molecule has 0 saturated carbocycles. The van der Waals surface area contributed by atoms with Crippen LogP contribution in [0.25, 0.3) is 10.4 Å². The van der Waals surface area contributed by atoms with E-state index in [-0.39, 0.29) is 6.29 Å². The van der Waals surface area contributed by atoms with Gasteiger partial charge in [-0.3, -0.25) is 4.79 Å². The van der Waals surface area contributed by atoms with Gasteiger partial charge in [-0.15, -0.1) is 11.3 Å². The van der Waals surface area contributed by atoms with E-state index in [1.54, 1.807) is 11.3 Å². The molecule has 2 aromatic rings. The van der Waals surface area contributed by atoms with Crippen molar-refractivity contribution >= 4 is 17.1 Å². The Bertz CT molecular complexity index is 728. The van der Waals surface area contributed by atoms with E-state index in [0.717, 1.165) is 23.3 Å². The fourth-order valence-corrected chi connectivity index (χ4v) is 4.39. The Balaban J connectivity index is 1.64. The zero-order chi connectivity index (χ0) is 15.8. The van der Waals surface area contributed by atoms with Crippen LogP contribution in [0.5, 0.6) is 0 Å². The van der Waals surface area contributed by atoms with Crippen LogP contribution in [-0.4, -0.2) is 19.0 Å². The minimum Gasteiger partial charge on any atom is -0.345 e. The average Bonchev–Trinajstić information content (AvgIpc) is 3.25. The van der Waals surface area contributed by atoms with Gasteiger partial charge in [-0.25, -0.2) is 0 Å². The summed E-state index contributed by atoms with van der Waals surface area (Å²) in [6.45, 7) is 3.49. The molecule has 1 aliphatic heterocycles. The lowest BCUT2D eigenvalue weighted by atomic mass is 9.81. The van der Waals surface area contributed by atoms with Gasteiger partial charge in [0.25, 0.3) is 0 Å². The predicted molar refractivity (Wildman–Crippen MR) is 90.8 cm³/mol. The molecule has 1 aromatic heterocycles. The number of rotatable bonds is 3. The van der Waals surface area contributed by atoms with Crippen molar-refractivity contribution in [3.05, 3.63) is 46.3 Å². The number of ketones is 1. The van der Waals surface area contributed by atoms with Gasteiger partial charge in [-0.2, -0.15) is 0 Å². The Morgan fingerprint density at radius 1 is 1.13 bits per heavy atom. The van der Waals surface area contributed by atoms with E-state index < -0.39 is 0 Å². The maximum absolute atomic E-state index is 12.3. The summed E-state index contributed by atoms with van der Waals surface area (Å²) in [6, 6.07) is 10.5. The predicted octanol–water partition coefficient (Wildman–Crippen LogP) is 4.62. The molecule has 1 aliphatic carbocycles. The van der Waals surface area contributed by atoms with E-state index in [0.29, 0.717) is 31.3 Å². The highest BCUT2D eigenvalue weighted by Gasteiger charge is 2.25. The molecule has 1 saturated heterocycles. The highest BCUT2D eigenvalue weighted by atomic mass is 32.1. The molecular weight excluding hydrogens is 308 g/mol. The topological polar surface area (TPSA) is 35.5 Å². The summed E-state index contributed by atoms with van der Waals surface area (Å²) in [7, 11) is 0. The molecule has 2 aliphatic rings. The van der Waals surface area contributed by atoms with Crippen molar-refractivity contribution in [1.29, 1.82) is 0 Å². The number of hydrogen-bond donors (Lipinski definition) is 0. The van der Waals surface area contributed by atoms with E-state index in [1.807, 2.05) is 6.07 Å². The van der Waals surface area contributed by atoms with Crippen LogP contribution < -0.4 is 0 Å². The van der Waals surface area contributed by atoms with Crippen LogP contribution in [0.3, 0.4) is 0 Å². The van der Waals surface area contributed by atoms with Crippen LogP contribution in [0.4, 0.5) is 0 Å². The van der Waals surface area contributed by atoms with Crippen molar-refractivity contribution in [3.8, 4) is 10.4 Å². The molecule has 4 heteroatoms. The van der Waals surface area contributed by atoms with Crippen LogP contribution >= 0.6 is 11.3 Å². The zero-order valence-electron chi connectivity index (χ0n) is 13.2. The van der Waals surface area contributed by atoms with Crippen LogP contribution in [0, 0.1) is 5.92 Å². The molecule has 1 atom stereocenters. The van der Waals surface area contributed by atoms with Crippen LogP contribution in [0.2, 0.25) is 0 Å². The molecule has 120 valence electrons. The monoisotopic (exact) mass is 328 g/mol. The lowest BCUT2D eigenvalue weighted by Gasteiger charge is -2.22. The number of fused-ring (bicyclic) bond motifs is 1. The first kappa shape index (κ1) is 15.1. The second kappa shape index (κ2) is 6.19. The molecule has 1 fully saturated rings. The smallest absolute Gasteiger partial charge is 0.193 e. The number of benzene rings is 1. The van der Waals surface area contributed by atoms with Gasteiger partial charge in [-0.1, -0.05) is 25.5 Å². The van der Waals surface area contributed by atoms with Gasteiger partial charge < -0.3 is 9.47 Å². The summed E-state index contributed by atoms with van der Waals surface area (Å²) in [5.74, 6) is 0.786. The number of Topliss-reactive ketones (excluding diaryl/α,β-unsaturated/α-hetero) is 1. The maximum atomic E-state index is 12.3. The molecule has 23 heavy (non-hydrogen) atoms. The first-order valence-electron chi connectivity index (χ1n) is 8.24.